The van der Waals surface area contributed by atoms with Crippen molar-refractivity contribution in [1.29, 1.82) is 0 Å². The smallest absolute Gasteiger partial charge is 0.405 e. The summed E-state index contributed by atoms with van der Waals surface area (Å²) in [6.45, 7) is 1.07. The Morgan fingerprint density at radius 2 is 1.89 bits per heavy atom. The first kappa shape index (κ1) is 15.9. The molecule has 8 heteroatoms. The maximum absolute atomic E-state index is 12.8. The lowest BCUT2D eigenvalue weighted by Gasteiger charge is -2.18. The number of halogens is 6. The summed E-state index contributed by atoms with van der Waals surface area (Å²) in [7, 11) is 0. The summed E-state index contributed by atoms with van der Waals surface area (Å²) in [5.41, 5.74) is -1.19. The average molecular weight is 347 g/mol. The molecule has 2 nitrogen and oxygen atoms in total. The van der Waals surface area contributed by atoms with Crippen LogP contribution in [0.4, 0.5) is 22.0 Å². The van der Waals surface area contributed by atoms with Gasteiger partial charge in [0.15, 0.2) is 0 Å². The first-order chi connectivity index (χ1) is 8.63. The zero-order valence-corrected chi connectivity index (χ0v) is 11.1. The van der Waals surface area contributed by atoms with Gasteiger partial charge in [0.2, 0.25) is 0 Å². The summed E-state index contributed by atoms with van der Waals surface area (Å²) in [5, 5.41) is 0. The van der Waals surface area contributed by atoms with Crippen LogP contribution in [-0.2, 0) is 4.79 Å². The van der Waals surface area contributed by atoms with Crippen molar-refractivity contribution < 1.29 is 31.5 Å². The van der Waals surface area contributed by atoms with Gasteiger partial charge in [-0.3, -0.25) is 4.79 Å². The predicted molar refractivity (Wildman–Crippen MR) is 60.4 cm³/mol. The number of benzene rings is 1. The number of alkyl halides is 6. The van der Waals surface area contributed by atoms with Crippen molar-refractivity contribution in [2.24, 2.45) is 0 Å². The number of rotatable bonds is 4. The van der Waals surface area contributed by atoms with E-state index in [1.165, 1.54) is 0 Å². The van der Waals surface area contributed by atoms with Crippen molar-refractivity contribution in [2.45, 2.75) is 24.5 Å². The topological polar surface area (TPSA) is 26.3 Å². The van der Waals surface area contributed by atoms with E-state index in [0.717, 1.165) is 25.1 Å². The van der Waals surface area contributed by atoms with E-state index in [1.54, 1.807) is 0 Å². The molecule has 106 valence electrons. The molecule has 1 rings (SSSR count). The van der Waals surface area contributed by atoms with Crippen LogP contribution in [0, 0.1) is 0 Å². The molecular formula is C11H8BrF5O2. The van der Waals surface area contributed by atoms with Crippen LogP contribution in [0.15, 0.2) is 18.2 Å². The summed E-state index contributed by atoms with van der Waals surface area (Å²) in [5.74, 6) is -1.43. The largest absolute Gasteiger partial charge is 0.573 e. The van der Waals surface area contributed by atoms with Crippen LogP contribution in [0.2, 0.25) is 0 Å². The normalized spacial score (nSPS) is 13.5. The quantitative estimate of drug-likeness (QED) is 0.590. The summed E-state index contributed by atoms with van der Waals surface area (Å²) in [6, 6.07) is 2.83. The van der Waals surface area contributed by atoms with E-state index in [0.29, 0.717) is 0 Å². The number of ketones is 1. The molecule has 0 aliphatic heterocycles. The van der Waals surface area contributed by atoms with Gasteiger partial charge in [-0.25, -0.2) is 8.78 Å². The molecule has 0 bridgehead atoms. The standard InChI is InChI=1S/C11H8BrF5O2/c1-5(18)9(12)8-6(10(13)14)3-2-4-7(8)19-11(15,16)17/h2-4,9-10H,1H3. The van der Waals surface area contributed by atoms with Crippen molar-refractivity contribution in [3.8, 4) is 5.75 Å². The molecule has 1 aromatic carbocycles. The summed E-state index contributed by atoms with van der Waals surface area (Å²) < 4.78 is 65.9. The molecule has 1 unspecified atom stereocenters. The lowest BCUT2D eigenvalue weighted by molar-refractivity contribution is -0.275. The Labute approximate surface area is 113 Å². The van der Waals surface area contributed by atoms with Gasteiger partial charge < -0.3 is 4.74 Å². The van der Waals surface area contributed by atoms with Crippen LogP contribution in [0.1, 0.15) is 29.3 Å². The van der Waals surface area contributed by atoms with Crippen molar-refractivity contribution in [3.05, 3.63) is 29.3 Å². The van der Waals surface area contributed by atoms with Gasteiger partial charge in [-0.15, -0.1) is 13.2 Å². The fraction of sp³-hybridized carbons (Fsp3) is 0.364. The number of hydrogen-bond donors (Lipinski definition) is 0. The van der Waals surface area contributed by atoms with Crippen molar-refractivity contribution in [1.82, 2.24) is 0 Å². The molecule has 0 aliphatic carbocycles. The van der Waals surface area contributed by atoms with Gasteiger partial charge >= 0.3 is 6.36 Å². The Morgan fingerprint density at radius 1 is 1.32 bits per heavy atom. The number of ether oxygens (including phenoxy) is 1. The summed E-state index contributed by atoms with van der Waals surface area (Å²) in [6.07, 6.45) is -8.05. The highest BCUT2D eigenvalue weighted by Gasteiger charge is 2.35. The molecule has 0 aromatic heterocycles. The molecule has 1 aromatic rings. The van der Waals surface area contributed by atoms with Crippen LogP contribution in [-0.4, -0.2) is 12.1 Å². The molecule has 0 aliphatic rings. The van der Waals surface area contributed by atoms with Gasteiger partial charge in [-0.2, -0.15) is 0 Å². The van der Waals surface area contributed by atoms with Gasteiger partial charge in [0, 0.05) is 11.1 Å². The number of carbonyl (C=O) groups is 1. The SMILES string of the molecule is CC(=O)C(Br)c1c(OC(F)(F)F)cccc1C(F)F. The van der Waals surface area contributed by atoms with Crippen molar-refractivity contribution >= 4 is 21.7 Å². The van der Waals surface area contributed by atoms with Crippen molar-refractivity contribution in [3.63, 3.8) is 0 Å². The highest BCUT2D eigenvalue weighted by Crippen LogP contribution is 2.40. The molecule has 19 heavy (non-hydrogen) atoms. The third-order valence-electron chi connectivity index (χ3n) is 2.17. The van der Waals surface area contributed by atoms with E-state index < -0.39 is 40.3 Å². The molecule has 0 saturated heterocycles. The molecule has 0 heterocycles. The Balaban J connectivity index is 3.38. The zero-order valence-electron chi connectivity index (χ0n) is 9.47. The molecule has 0 spiro atoms. The fourth-order valence-electron chi connectivity index (χ4n) is 1.44. The van der Waals surface area contributed by atoms with Gasteiger partial charge in [-0.05, 0) is 13.0 Å². The van der Waals surface area contributed by atoms with E-state index in [4.69, 9.17) is 0 Å². The zero-order chi connectivity index (χ0) is 14.8. The Morgan fingerprint density at radius 3 is 2.32 bits per heavy atom. The molecule has 0 fully saturated rings. The van der Waals surface area contributed by atoms with Crippen LogP contribution in [0.25, 0.3) is 0 Å². The van der Waals surface area contributed by atoms with E-state index in [9.17, 15) is 26.7 Å². The minimum absolute atomic E-state index is 0.512. The highest BCUT2D eigenvalue weighted by atomic mass is 79.9. The van der Waals surface area contributed by atoms with E-state index >= 15 is 0 Å². The maximum atomic E-state index is 12.8. The van der Waals surface area contributed by atoms with Gasteiger partial charge in [-0.1, -0.05) is 28.1 Å². The van der Waals surface area contributed by atoms with E-state index in [2.05, 4.69) is 20.7 Å². The minimum Gasteiger partial charge on any atom is -0.405 e. The van der Waals surface area contributed by atoms with Crippen LogP contribution in [0.3, 0.4) is 0 Å². The molecule has 0 amide bonds. The van der Waals surface area contributed by atoms with E-state index in [-0.39, 0.29) is 0 Å². The van der Waals surface area contributed by atoms with Crippen molar-refractivity contribution in [2.75, 3.05) is 0 Å². The highest BCUT2D eigenvalue weighted by molar-refractivity contribution is 9.09. The molecule has 0 saturated carbocycles. The first-order valence-corrected chi connectivity index (χ1v) is 5.86. The lowest BCUT2D eigenvalue weighted by atomic mass is 10.0. The number of hydrogen-bond acceptors (Lipinski definition) is 2. The number of Topliss-reactive ketones (excluding diaryl/α,β-unsaturated/α-hetero) is 1. The fourth-order valence-corrected chi connectivity index (χ4v) is 1.93. The molecule has 0 radical (unpaired) electrons. The maximum Gasteiger partial charge on any atom is 0.573 e. The van der Waals surface area contributed by atoms with E-state index in [1.807, 2.05) is 0 Å². The van der Waals surface area contributed by atoms with Crippen LogP contribution in [0.5, 0.6) is 5.75 Å². The lowest BCUT2D eigenvalue weighted by Crippen LogP contribution is -2.19. The summed E-state index contributed by atoms with van der Waals surface area (Å²) >= 11 is 2.80. The second-order valence-electron chi connectivity index (χ2n) is 3.58. The second kappa shape index (κ2) is 5.85. The Kier molecular flexibility index (Phi) is 4.89. The third-order valence-corrected chi connectivity index (χ3v) is 3.27. The second-order valence-corrected chi connectivity index (χ2v) is 4.50. The molecule has 1 atom stereocenters. The third kappa shape index (κ3) is 4.15. The first-order valence-electron chi connectivity index (χ1n) is 4.94. The minimum atomic E-state index is -5.03. The van der Waals surface area contributed by atoms with Gasteiger partial charge in [0.25, 0.3) is 6.43 Å². The van der Waals surface area contributed by atoms with Gasteiger partial charge in [0.1, 0.15) is 16.4 Å². The van der Waals surface area contributed by atoms with Crippen LogP contribution < -0.4 is 4.74 Å². The predicted octanol–water partition coefficient (Wildman–Crippen LogP) is 4.55. The molecular weight excluding hydrogens is 339 g/mol. The monoisotopic (exact) mass is 346 g/mol. The Bertz CT molecular complexity index is 473. The average Bonchev–Trinajstić information content (AvgIpc) is 2.25. The van der Waals surface area contributed by atoms with Crippen LogP contribution >= 0.6 is 15.9 Å². The van der Waals surface area contributed by atoms with Gasteiger partial charge in [0.05, 0.1) is 0 Å². The number of carbonyl (C=O) groups excluding carboxylic acids is 1. The Hall–Kier alpha value is -1.18. The summed E-state index contributed by atoms with van der Waals surface area (Å²) in [4.78, 5) is 9.91. The molecule has 0 N–H and O–H groups in total.